The van der Waals surface area contributed by atoms with Gasteiger partial charge in [-0.3, -0.25) is 9.69 Å². The van der Waals surface area contributed by atoms with Gasteiger partial charge in [-0.25, -0.2) is 13.2 Å². The zero-order valence-electron chi connectivity index (χ0n) is 25.4. The van der Waals surface area contributed by atoms with Crippen LogP contribution in [0, 0.1) is 13.8 Å². The van der Waals surface area contributed by atoms with E-state index in [1.54, 1.807) is 74.5 Å². The fourth-order valence-electron chi connectivity index (χ4n) is 5.04. The number of benzene rings is 3. The summed E-state index contributed by atoms with van der Waals surface area (Å²) in [6.45, 7) is 7.43. The number of hydrogen-bond donors (Lipinski definition) is 0. The van der Waals surface area contributed by atoms with Crippen molar-refractivity contribution in [3.8, 4) is 0 Å². The molecule has 1 aromatic heterocycles. The number of carbonyl (C=O) groups excluding carboxylic acids is 2. The summed E-state index contributed by atoms with van der Waals surface area (Å²) in [5, 5.41) is 0.511. The Morgan fingerprint density at radius 1 is 0.889 bits per heavy atom. The molecule has 3 aromatic carbocycles. The van der Waals surface area contributed by atoms with Crippen molar-refractivity contribution in [2.24, 2.45) is 0 Å². The van der Waals surface area contributed by atoms with Crippen LogP contribution in [0.1, 0.15) is 42.1 Å². The summed E-state index contributed by atoms with van der Waals surface area (Å²) in [7, 11) is -3.90. The Morgan fingerprint density at radius 3 is 2.13 bits per heavy atom. The molecule has 1 aliphatic heterocycles. The Balaban J connectivity index is 1.48. The van der Waals surface area contributed by atoms with Crippen molar-refractivity contribution in [1.82, 2.24) is 4.31 Å². The smallest absolute Gasteiger partial charge is 0.340 e. The first kappa shape index (κ1) is 32.0. The Kier molecular flexibility index (Phi) is 9.43. The van der Waals surface area contributed by atoms with Crippen molar-refractivity contribution in [3.05, 3.63) is 135 Å². The molecular weight excluding hydrogens is 612 g/mol. The van der Waals surface area contributed by atoms with Crippen LogP contribution in [0.5, 0.6) is 0 Å². The van der Waals surface area contributed by atoms with E-state index >= 15 is 0 Å². The molecule has 0 radical (unpaired) electrons. The number of sulfonamides is 1. The highest BCUT2D eigenvalue weighted by atomic mass is 35.5. The highest BCUT2D eigenvalue weighted by molar-refractivity contribution is 7.89. The summed E-state index contributed by atoms with van der Waals surface area (Å²) in [5.41, 5.74) is 4.02. The van der Waals surface area contributed by atoms with Gasteiger partial charge in [-0.1, -0.05) is 59.1 Å². The highest BCUT2D eigenvalue weighted by Crippen LogP contribution is 2.36. The first-order chi connectivity index (χ1) is 21.5. The zero-order valence-corrected chi connectivity index (χ0v) is 27.0. The summed E-state index contributed by atoms with van der Waals surface area (Å²) in [6, 6.07) is 24.4. The molecular formula is C35H33ClN2O6S. The third kappa shape index (κ3) is 6.96. The third-order valence-electron chi connectivity index (χ3n) is 7.40. The van der Waals surface area contributed by atoms with Crippen LogP contribution in [0.25, 0.3) is 6.08 Å². The molecule has 0 saturated heterocycles. The van der Waals surface area contributed by atoms with E-state index in [1.807, 2.05) is 38.1 Å². The van der Waals surface area contributed by atoms with Gasteiger partial charge in [0.25, 0.3) is 5.91 Å². The molecule has 0 saturated carbocycles. The van der Waals surface area contributed by atoms with Crippen LogP contribution in [0.2, 0.25) is 5.02 Å². The molecule has 0 N–H and O–H groups in total. The number of halogens is 1. The lowest BCUT2D eigenvalue weighted by molar-refractivity contribution is -0.138. The minimum Gasteiger partial charge on any atom is -0.462 e. The second-order valence-electron chi connectivity index (χ2n) is 10.7. The maximum Gasteiger partial charge on any atom is 0.340 e. The lowest BCUT2D eigenvalue weighted by Crippen LogP contribution is -2.30. The number of aryl methyl sites for hydroxylation is 2. The van der Waals surface area contributed by atoms with Crippen LogP contribution in [0.4, 0.5) is 5.69 Å². The molecule has 232 valence electrons. The van der Waals surface area contributed by atoms with Gasteiger partial charge in [0.1, 0.15) is 11.5 Å². The second kappa shape index (κ2) is 13.3. The van der Waals surface area contributed by atoms with E-state index in [4.69, 9.17) is 20.8 Å². The number of amides is 1. The van der Waals surface area contributed by atoms with E-state index in [2.05, 4.69) is 0 Å². The SMILES string of the molecule is CCOC(=O)C1=C(C)N(c2ccc(Cl)cc2)C(=O)/C1=C/c1ccc(CN(Cc2ccc(C)cc2)S(=O)(=O)c2ccc(C)cc2)o1. The number of anilines is 1. The molecule has 5 rings (SSSR count). The monoisotopic (exact) mass is 644 g/mol. The third-order valence-corrected chi connectivity index (χ3v) is 9.46. The maximum absolute atomic E-state index is 13.8. The number of hydrogen-bond acceptors (Lipinski definition) is 6. The summed E-state index contributed by atoms with van der Waals surface area (Å²) in [4.78, 5) is 28.3. The molecule has 0 unspecified atom stereocenters. The van der Waals surface area contributed by atoms with Gasteiger partial charge >= 0.3 is 5.97 Å². The maximum atomic E-state index is 13.8. The summed E-state index contributed by atoms with van der Waals surface area (Å²) < 4.78 is 40.3. The molecule has 10 heteroatoms. The van der Waals surface area contributed by atoms with Crippen molar-refractivity contribution in [1.29, 1.82) is 0 Å². The van der Waals surface area contributed by atoms with E-state index in [0.717, 1.165) is 16.7 Å². The van der Waals surface area contributed by atoms with Crippen molar-refractivity contribution >= 4 is 45.3 Å². The first-order valence-corrected chi connectivity index (χ1v) is 16.2. The number of ether oxygens (including phenoxy) is 1. The molecule has 1 amide bonds. The van der Waals surface area contributed by atoms with Crippen LogP contribution in [0.15, 0.2) is 111 Å². The van der Waals surface area contributed by atoms with Crippen LogP contribution < -0.4 is 4.90 Å². The van der Waals surface area contributed by atoms with E-state index in [9.17, 15) is 18.0 Å². The van der Waals surface area contributed by atoms with Gasteiger partial charge in [0.2, 0.25) is 10.0 Å². The molecule has 4 aromatic rings. The molecule has 1 aliphatic rings. The van der Waals surface area contributed by atoms with Crippen LogP contribution in [-0.4, -0.2) is 31.2 Å². The van der Waals surface area contributed by atoms with Crippen LogP contribution in [0.3, 0.4) is 0 Å². The minimum atomic E-state index is -3.90. The predicted octanol–water partition coefficient (Wildman–Crippen LogP) is 7.21. The fraction of sp³-hybridized carbons (Fsp3) is 0.200. The average molecular weight is 645 g/mol. The number of allylic oxidation sites excluding steroid dienone is 1. The van der Waals surface area contributed by atoms with Gasteiger partial charge in [0, 0.05) is 23.0 Å². The fourth-order valence-corrected chi connectivity index (χ4v) is 6.56. The summed E-state index contributed by atoms with van der Waals surface area (Å²) in [5.74, 6) is -0.419. The molecule has 2 heterocycles. The van der Waals surface area contributed by atoms with Gasteiger partial charge in [0.05, 0.1) is 29.2 Å². The number of furan rings is 1. The normalized spacial score (nSPS) is 14.6. The largest absolute Gasteiger partial charge is 0.462 e. The molecule has 0 aliphatic carbocycles. The molecule has 0 bridgehead atoms. The topological polar surface area (TPSA) is 97.1 Å². The van der Waals surface area contributed by atoms with Gasteiger partial charge in [-0.2, -0.15) is 4.31 Å². The number of carbonyl (C=O) groups is 2. The first-order valence-electron chi connectivity index (χ1n) is 14.4. The Morgan fingerprint density at radius 2 is 1.51 bits per heavy atom. The Hall–Kier alpha value is -4.44. The lowest BCUT2D eigenvalue weighted by Gasteiger charge is -2.21. The Labute approximate surface area is 268 Å². The van der Waals surface area contributed by atoms with Crippen LogP contribution >= 0.6 is 11.6 Å². The van der Waals surface area contributed by atoms with Crippen molar-refractivity contribution < 1.29 is 27.2 Å². The number of rotatable bonds is 10. The van der Waals surface area contributed by atoms with Gasteiger partial charge in [0.15, 0.2) is 0 Å². The van der Waals surface area contributed by atoms with Crippen molar-refractivity contribution in [3.63, 3.8) is 0 Å². The lowest BCUT2D eigenvalue weighted by atomic mass is 10.1. The molecule has 0 fully saturated rings. The standard InChI is InChI=1S/C35H33ClN2O6S/c1-5-43-35(40)33-25(4)38(28-14-12-27(36)13-15-28)34(39)32(33)20-29-16-17-30(44-29)22-37(21-26-10-6-23(2)7-11-26)45(41,42)31-18-8-24(3)9-19-31/h6-20H,5,21-22H2,1-4H3/b32-20+. The summed E-state index contributed by atoms with van der Waals surface area (Å²) >= 11 is 6.05. The molecule has 0 atom stereocenters. The zero-order chi connectivity index (χ0) is 32.3. The molecule has 8 nitrogen and oxygen atoms in total. The highest BCUT2D eigenvalue weighted by Gasteiger charge is 2.38. The number of nitrogens with zero attached hydrogens (tertiary/aromatic N) is 2. The van der Waals surface area contributed by atoms with Crippen LogP contribution in [-0.2, 0) is 37.4 Å². The van der Waals surface area contributed by atoms with E-state index < -0.39 is 21.9 Å². The predicted molar refractivity (Wildman–Crippen MR) is 174 cm³/mol. The van der Waals surface area contributed by atoms with Crippen molar-refractivity contribution in [2.75, 3.05) is 11.5 Å². The molecule has 0 spiro atoms. The van der Waals surface area contributed by atoms with E-state index in [-0.39, 0.29) is 41.5 Å². The minimum absolute atomic E-state index is 0.0578. The second-order valence-corrected chi connectivity index (χ2v) is 13.1. The molecule has 45 heavy (non-hydrogen) atoms. The summed E-state index contributed by atoms with van der Waals surface area (Å²) in [6.07, 6.45) is 1.48. The van der Waals surface area contributed by atoms with E-state index in [1.165, 1.54) is 15.3 Å². The van der Waals surface area contributed by atoms with Gasteiger partial charge in [-0.05, 0) is 87.9 Å². The van der Waals surface area contributed by atoms with Gasteiger partial charge in [-0.15, -0.1) is 0 Å². The number of esters is 1. The van der Waals surface area contributed by atoms with Crippen molar-refractivity contribution in [2.45, 2.75) is 45.7 Å². The average Bonchev–Trinajstić information content (AvgIpc) is 3.55. The quantitative estimate of drug-likeness (QED) is 0.134. The Bertz CT molecular complexity index is 1890. The van der Waals surface area contributed by atoms with E-state index in [0.29, 0.717) is 22.2 Å². The van der Waals surface area contributed by atoms with Gasteiger partial charge < -0.3 is 9.15 Å².